The minimum Gasteiger partial charge on any atom is -0.392 e. The lowest BCUT2D eigenvalue weighted by Gasteiger charge is -2.27. The van der Waals surface area contributed by atoms with Crippen LogP contribution in [0.4, 0.5) is 0 Å². The topological polar surface area (TPSA) is 35.5 Å². The van der Waals surface area contributed by atoms with Crippen LogP contribution in [0, 0.1) is 5.92 Å². The van der Waals surface area contributed by atoms with Crippen LogP contribution in [0.25, 0.3) is 0 Å². The minimum absolute atomic E-state index is 0.165. The zero-order valence-electron chi connectivity index (χ0n) is 13.0. The van der Waals surface area contributed by atoms with Gasteiger partial charge in [-0.25, -0.2) is 0 Å². The molecule has 2 aliphatic rings. The molecule has 1 aromatic rings. The lowest BCUT2D eigenvalue weighted by molar-refractivity contribution is 0.172. The summed E-state index contributed by atoms with van der Waals surface area (Å²) in [6, 6.07) is 11.7. The van der Waals surface area contributed by atoms with Crippen molar-refractivity contribution < 1.29 is 5.11 Å². The van der Waals surface area contributed by atoms with Gasteiger partial charge in [0.2, 0.25) is 0 Å². The van der Waals surface area contributed by atoms with E-state index in [0.717, 1.165) is 32.0 Å². The number of rotatable bonds is 5. The van der Waals surface area contributed by atoms with Crippen LogP contribution in [0.15, 0.2) is 30.3 Å². The SMILES string of the molecule is CC1CCCC1NCC1CC(O)CN1Cc1ccccc1. The maximum atomic E-state index is 10.0. The summed E-state index contributed by atoms with van der Waals surface area (Å²) in [6.45, 7) is 5.13. The van der Waals surface area contributed by atoms with Crippen LogP contribution in [0.5, 0.6) is 0 Å². The molecule has 21 heavy (non-hydrogen) atoms. The third kappa shape index (κ3) is 3.85. The van der Waals surface area contributed by atoms with Gasteiger partial charge in [-0.3, -0.25) is 4.90 Å². The van der Waals surface area contributed by atoms with E-state index in [9.17, 15) is 5.11 Å². The smallest absolute Gasteiger partial charge is 0.0682 e. The molecular weight excluding hydrogens is 260 g/mol. The Hall–Kier alpha value is -0.900. The highest BCUT2D eigenvalue weighted by atomic mass is 16.3. The van der Waals surface area contributed by atoms with Crippen LogP contribution in [-0.2, 0) is 6.54 Å². The molecule has 3 heteroatoms. The number of likely N-dealkylation sites (tertiary alicyclic amines) is 1. The van der Waals surface area contributed by atoms with E-state index < -0.39 is 0 Å². The molecule has 0 aromatic heterocycles. The molecule has 2 fully saturated rings. The van der Waals surface area contributed by atoms with Crippen LogP contribution in [0.2, 0.25) is 0 Å². The Labute approximate surface area is 128 Å². The Morgan fingerprint density at radius 3 is 2.76 bits per heavy atom. The summed E-state index contributed by atoms with van der Waals surface area (Å²) in [5.41, 5.74) is 1.34. The van der Waals surface area contributed by atoms with Crippen LogP contribution < -0.4 is 5.32 Å². The van der Waals surface area contributed by atoms with Crippen molar-refractivity contribution in [2.45, 2.75) is 57.3 Å². The van der Waals surface area contributed by atoms with Crippen LogP contribution >= 0.6 is 0 Å². The van der Waals surface area contributed by atoms with E-state index in [1.165, 1.54) is 24.8 Å². The first kappa shape index (κ1) is 15.0. The second kappa shape index (κ2) is 6.91. The largest absolute Gasteiger partial charge is 0.392 e. The number of hydrogen-bond acceptors (Lipinski definition) is 3. The molecule has 3 rings (SSSR count). The molecular formula is C18H28N2O. The molecule has 0 radical (unpaired) electrons. The Balaban J connectivity index is 1.55. The molecule has 1 aromatic carbocycles. The standard InChI is InChI=1S/C18H28N2O/c1-14-6-5-9-18(14)19-11-16-10-17(21)13-20(16)12-15-7-3-2-4-8-15/h2-4,7-8,14,16-19,21H,5-6,9-13H2,1H3. The van der Waals surface area contributed by atoms with Crippen LogP contribution in [0.3, 0.4) is 0 Å². The summed E-state index contributed by atoms with van der Waals surface area (Å²) in [4.78, 5) is 2.44. The molecule has 1 heterocycles. The van der Waals surface area contributed by atoms with E-state index in [0.29, 0.717) is 12.1 Å². The summed E-state index contributed by atoms with van der Waals surface area (Å²) in [5, 5.41) is 13.8. The first-order valence-electron chi connectivity index (χ1n) is 8.42. The monoisotopic (exact) mass is 288 g/mol. The van der Waals surface area contributed by atoms with Gasteiger partial charge in [-0.05, 0) is 30.7 Å². The molecule has 0 spiro atoms. The van der Waals surface area contributed by atoms with E-state index in [2.05, 4.69) is 47.5 Å². The van der Waals surface area contributed by atoms with Gasteiger partial charge < -0.3 is 10.4 Å². The van der Waals surface area contributed by atoms with Gasteiger partial charge in [0.05, 0.1) is 6.10 Å². The molecule has 0 bridgehead atoms. The normalized spacial score (nSPS) is 33.6. The van der Waals surface area contributed by atoms with Gasteiger partial charge in [-0.2, -0.15) is 0 Å². The summed E-state index contributed by atoms with van der Waals surface area (Å²) >= 11 is 0. The first-order valence-corrected chi connectivity index (χ1v) is 8.42. The second-order valence-corrected chi connectivity index (χ2v) is 6.88. The van der Waals surface area contributed by atoms with Gasteiger partial charge in [0, 0.05) is 31.7 Å². The molecule has 1 saturated heterocycles. The molecule has 2 N–H and O–H groups in total. The Kier molecular flexibility index (Phi) is 4.94. The van der Waals surface area contributed by atoms with Crippen LogP contribution in [0.1, 0.15) is 38.2 Å². The third-order valence-corrected chi connectivity index (χ3v) is 5.21. The fourth-order valence-corrected chi connectivity index (χ4v) is 3.92. The van der Waals surface area contributed by atoms with Crippen molar-refractivity contribution in [3.8, 4) is 0 Å². The van der Waals surface area contributed by atoms with E-state index in [-0.39, 0.29) is 6.10 Å². The molecule has 1 aliphatic carbocycles. The van der Waals surface area contributed by atoms with Crippen molar-refractivity contribution in [1.82, 2.24) is 10.2 Å². The van der Waals surface area contributed by atoms with Gasteiger partial charge in [-0.1, -0.05) is 43.7 Å². The average molecular weight is 288 g/mol. The molecule has 1 saturated carbocycles. The van der Waals surface area contributed by atoms with Crippen molar-refractivity contribution >= 4 is 0 Å². The average Bonchev–Trinajstić information content (AvgIpc) is 3.04. The lowest BCUT2D eigenvalue weighted by atomic mass is 10.1. The number of benzene rings is 1. The predicted molar refractivity (Wildman–Crippen MR) is 86.1 cm³/mol. The molecule has 4 atom stereocenters. The highest BCUT2D eigenvalue weighted by Gasteiger charge is 2.32. The zero-order chi connectivity index (χ0) is 14.7. The summed E-state index contributed by atoms with van der Waals surface area (Å²) in [5.74, 6) is 0.805. The van der Waals surface area contributed by atoms with Crippen molar-refractivity contribution in [2.75, 3.05) is 13.1 Å². The van der Waals surface area contributed by atoms with E-state index in [4.69, 9.17) is 0 Å². The zero-order valence-corrected chi connectivity index (χ0v) is 13.0. The maximum Gasteiger partial charge on any atom is 0.0682 e. The summed E-state index contributed by atoms with van der Waals surface area (Å²) in [6.07, 6.45) is 4.77. The fraction of sp³-hybridized carbons (Fsp3) is 0.667. The van der Waals surface area contributed by atoms with E-state index in [1.54, 1.807) is 0 Å². The number of hydrogen-bond donors (Lipinski definition) is 2. The number of β-amino-alcohol motifs (C(OH)–C–C–N with tert-alkyl or cyclic N) is 1. The number of nitrogens with zero attached hydrogens (tertiary/aromatic N) is 1. The van der Waals surface area contributed by atoms with E-state index >= 15 is 0 Å². The summed E-state index contributed by atoms with van der Waals surface area (Å²) < 4.78 is 0. The molecule has 1 aliphatic heterocycles. The Bertz CT molecular complexity index is 436. The van der Waals surface area contributed by atoms with Gasteiger partial charge in [0.15, 0.2) is 0 Å². The Morgan fingerprint density at radius 1 is 1.24 bits per heavy atom. The minimum atomic E-state index is -0.165. The highest BCUT2D eigenvalue weighted by Crippen LogP contribution is 2.26. The van der Waals surface area contributed by atoms with Crippen molar-refractivity contribution in [3.63, 3.8) is 0 Å². The number of aliphatic hydroxyl groups is 1. The first-order chi connectivity index (χ1) is 10.2. The van der Waals surface area contributed by atoms with Gasteiger partial charge >= 0.3 is 0 Å². The second-order valence-electron chi connectivity index (χ2n) is 6.88. The maximum absolute atomic E-state index is 10.0. The quantitative estimate of drug-likeness (QED) is 0.873. The molecule has 4 unspecified atom stereocenters. The van der Waals surface area contributed by atoms with Gasteiger partial charge in [-0.15, -0.1) is 0 Å². The highest BCUT2D eigenvalue weighted by molar-refractivity contribution is 5.15. The Morgan fingerprint density at radius 2 is 2.05 bits per heavy atom. The molecule has 3 nitrogen and oxygen atoms in total. The van der Waals surface area contributed by atoms with Crippen molar-refractivity contribution in [2.24, 2.45) is 5.92 Å². The number of aliphatic hydroxyl groups excluding tert-OH is 1. The lowest BCUT2D eigenvalue weighted by Crippen LogP contribution is -2.42. The summed E-state index contributed by atoms with van der Waals surface area (Å²) in [7, 11) is 0. The van der Waals surface area contributed by atoms with Gasteiger partial charge in [0.1, 0.15) is 0 Å². The van der Waals surface area contributed by atoms with Crippen molar-refractivity contribution in [1.29, 1.82) is 0 Å². The van der Waals surface area contributed by atoms with Gasteiger partial charge in [0.25, 0.3) is 0 Å². The predicted octanol–water partition coefficient (Wildman–Crippen LogP) is 2.40. The third-order valence-electron chi connectivity index (χ3n) is 5.21. The molecule has 116 valence electrons. The van der Waals surface area contributed by atoms with Crippen molar-refractivity contribution in [3.05, 3.63) is 35.9 Å². The van der Waals surface area contributed by atoms with E-state index in [1.807, 2.05) is 0 Å². The molecule has 0 amide bonds. The fourth-order valence-electron chi connectivity index (χ4n) is 3.92. The number of nitrogens with one attached hydrogen (secondary N) is 1. The van der Waals surface area contributed by atoms with Crippen LogP contribution in [-0.4, -0.2) is 41.3 Å².